The van der Waals surface area contributed by atoms with E-state index in [2.05, 4.69) is 45.6 Å². The fraction of sp³-hybridized carbons (Fsp3) is 0.350. The first-order valence-electron chi connectivity index (χ1n) is 8.97. The minimum atomic E-state index is -3.50. The molecule has 8 heteroatoms. The van der Waals surface area contributed by atoms with E-state index in [0.29, 0.717) is 19.0 Å². The molecule has 2 N–H and O–H groups in total. The van der Waals surface area contributed by atoms with Crippen LogP contribution in [0.3, 0.4) is 0 Å². The third-order valence-electron chi connectivity index (χ3n) is 4.18. The average Bonchev–Trinajstić information content (AvgIpc) is 2.69. The summed E-state index contributed by atoms with van der Waals surface area (Å²) in [5.41, 5.74) is 2.21. The topological polar surface area (TPSA) is 73.8 Å². The van der Waals surface area contributed by atoms with Gasteiger partial charge in [0.25, 0.3) is 0 Å². The molecule has 152 valence electrons. The molecule has 0 aliphatic rings. The van der Waals surface area contributed by atoms with Crippen LogP contribution in [-0.2, 0) is 16.6 Å². The van der Waals surface area contributed by atoms with Crippen LogP contribution in [0.2, 0.25) is 0 Å². The molecule has 0 atom stereocenters. The Morgan fingerprint density at radius 2 is 1.71 bits per heavy atom. The lowest BCUT2D eigenvalue weighted by molar-refractivity contribution is 0.476. The lowest BCUT2D eigenvalue weighted by Crippen LogP contribution is -2.42. The van der Waals surface area contributed by atoms with Crippen LogP contribution in [0.25, 0.3) is 0 Å². The molecule has 0 amide bonds. The van der Waals surface area contributed by atoms with Crippen LogP contribution in [0.5, 0.6) is 0 Å². The molecule has 0 aromatic heterocycles. The summed E-state index contributed by atoms with van der Waals surface area (Å²) in [5.74, 6) is 0.712. The quantitative estimate of drug-likeness (QED) is 0.297. The van der Waals surface area contributed by atoms with Crippen LogP contribution in [0.1, 0.15) is 11.1 Å². The Labute approximate surface area is 172 Å². The number of thioether (sulfide) groups is 1. The molecule has 0 spiro atoms. The highest BCUT2D eigenvalue weighted by molar-refractivity contribution is 7.98. The van der Waals surface area contributed by atoms with E-state index >= 15 is 0 Å². The molecule has 0 saturated carbocycles. The Bertz CT molecular complexity index is 879. The van der Waals surface area contributed by atoms with E-state index in [1.54, 1.807) is 43.1 Å². The molecule has 0 fully saturated rings. The minimum absolute atomic E-state index is 0.269. The number of sulfonamides is 1. The average molecular weight is 421 g/mol. The van der Waals surface area contributed by atoms with Gasteiger partial charge in [-0.2, -0.15) is 0 Å². The maximum atomic E-state index is 12.3. The van der Waals surface area contributed by atoms with Gasteiger partial charge in [-0.15, -0.1) is 11.8 Å². The zero-order valence-electron chi connectivity index (χ0n) is 16.8. The molecule has 0 bridgehead atoms. The van der Waals surface area contributed by atoms with Crippen LogP contribution in [0, 0.1) is 6.92 Å². The SMILES string of the molecule is CN=C(NCCNS(=O)(=O)c1ccc(C)cc1)N(C)Cc1ccc(SC)cc1. The van der Waals surface area contributed by atoms with Crippen LogP contribution in [-0.4, -0.2) is 52.7 Å². The largest absolute Gasteiger partial charge is 0.355 e. The van der Waals surface area contributed by atoms with E-state index in [1.165, 1.54) is 10.5 Å². The Hall–Kier alpha value is -2.03. The second kappa shape index (κ2) is 10.5. The standard InChI is InChI=1S/C20H28N4O2S2/c1-16-5-11-19(12-6-16)28(25,26)23-14-13-22-20(21-2)24(3)15-17-7-9-18(27-4)10-8-17/h5-12,23H,13-15H2,1-4H3,(H,21,22). The Balaban J connectivity index is 1.83. The van der Waals surface area contributed by atoms with Crippen LogP contribution in [0.4, 0.5) is 0 Å². The predicted molar refractivity (Wildman–Crippen MR) is 117 cm³/mol. The number of guanidine groups is 1. The molecule has 0 heterocycles. The van der Waals surface area contributed by atoms with Crippen LogP contribution in [0.15, 0.2) is 63.3 Å². The Kier molecular flexibility index (Phi) is 8.35. The Morgan fingerprint density at radius 1 is 1.07 bits per heavy atom. The van der Waals surface area contributed by atoms with Crippen molar-refractivity contribution >= 4 is 27.7 Å². The molecule has 0 saturated heterocycles. The summed E-state index contributed by atoms with van der Waals surface area (Å²) >= 11 is 1.72. The first-order chi connectivity index (χ1) is 13.4. The molecule has 0 aliphatic carbocycles. The second-order valence-corrected chi connectivity index (χ2v) is 9.04. The fourth-order valence-corrected chi connectivity index (χ4v) is 4.06. The summed E-state index contributed by atoms with van der Waals surface area (Å²) in [6.07, 6.45) is 2.06. The van der Waals surface area contributed by atoms with Gasteiger partial charge in [0.1, 0.15) is 0 Å². The van der Waals surface area contributed by atoms with E-state index in [4.69, 9.17) is 0 Å². The summed E-state index contributed by atoms with van der Waals surface area (Å²) < 4.78 is 27.2. The van der Waals surface area contributed by atoms with Gasteiger partial charge in [-0.05, 0) is 43.0 Å². The van der Waals surface area contributed by atoms with E-state index < -0.39 is 10.0 Å². The van der Waals surface area contributed by atoms with Gasteiger partial charge in [0, 0.05) is 38.6 Å². The first kappa shape index (κ1) is 22.3. The molecular formula is C20H28N4O2S2. The number of aliphatic imine (C=N–C) groups is 1. The summed E-state index contributed by atoms with van der Waals surface area (Å²) in [4.78, 5) is 7.78. The van der Waals surface area contributed by atoms with Crippen LogP contribution >= 0.6 is 11.8 Å². The third kappa shape index (κ3) is 6.54. The lowest BCUT2D eigenvalue weighted by Gasteiger charge is -2.22. The van der Waals surface area contributed by atoms with Gasteiger partial charge < -0.3 is 10.2 Å². The lowest BCUT2D eigenvalue weighted by atomic mass is 10.2. The maximum absolute atomic E-state index is 12.3. The van der Waals surface area contributed by atoms with E-state index in [-0.39, 0.29) is 11.4 Å². The first-order valence-corrected chi connectivity index (χ1v) is 11.7. The molecule has 0 unspecified atom stereocenters. The number of benzene rings is 2. The van der Waals surface area contributed by atoms with Crippen molar-refractivity contribution < 1.29 is 8.42 Å². The summed E-state index contributed by atoms with van der Waals surface area (Å²) in [6.45, 7) is 3.34. The predicted octanol–water partition coefficient (Wildman–Crippen LogP) is 2.70. The van der Waals surface area contributed by atoms with E-state index in [1.807, 2.05) is 18.9 Å². The zero-order valence-corrected chi connectivity index (χ0v) is 18.4. The zero-order chi connectivity index (χ0) is 20.6. The Morgan fingerprint density at radius 3 is 2.29 bits per heavy atom. The van der Waals surface area contributed by atoms with Gasteiger partial charge >= 0.3 is 0 Å². The molecule has 0 radical (unpaired) electrons. The van der Waals surface area contributed by atoms with E-state index in [9.17, 15) is 8.42 Å². The van der Waals surface area contributed by atoms with Gasteiger partial charge in [-0.3, -0.25) is 4.99 Å². The highest BCUT2D eigenvalue weighted by Gasteiger charge is 2.13. The van der Waals surface area contributed by atoms with Crippen molar-refractivity contribution in [1.82, 2.24) is 14.9 Å². The normalized spacial score (nSPS) is 12.1. The van der Waals surface area contributed by atoms with Crippen molar-refractivity contribution in [3.8, 4) is 0 Å². The number of aryl methyl sites for hydroxylation is 1. The highest BCUT2D eigenvalue weighted by atomic mass is 32.2. The second-order valence-electron chi connectivity index (χ2n) is 6.39. The molecule has 6 nitrogen and oxygen atoms in total. The van der Waals surface area contributed by atoms with Gasteiger partial charge in [0.05, 0.1) is 4.90 Å². The van der Waals surface area contributed by atoms with Crippen LogP contribution < -0.4 is 10.0 Å². The monoisotopic (exact) mass is 420 g/mol. The smallest absolute Gasteiger partial charge is 0.240 e. The van der Waals surface area contributed by atoms with Gasteiger partial charge in [0.2, 0.25) is 10.0 Å². The number of nitrogens with one attached hydrogen (secondary N) is 2. The minimum Gasteiger partial charge on any atom is -0.355 e. The summed E-state index contributed by atoms with van der Waals surface area (Å²) in [6, 6.07) is 15.2. The summed E-state index contributed by atoms with van der Waals surface area (Å²) in [7, 11) is 0.164. The van der Waals surface area contributed by atoms with Crippen molar-refractivity contribution in [3.63, 3.8) is 0 Å². The molecule has 2 aromatic rings. The molecular weight excluding hydrogens is 392 g/mol. The van der Waals surface area contributed by atoms with Crippen molar-refractivity contribution in [3.05, 3.63) is 59.7 Å². The molecule has 2 rings (SSSR count). The number of rotatable bonds is 8. The van der Waals surface area contributed by atoms with Gasteiger partial charge in [-0.25, -0.2) is 13.1 Å². The summed E-state index contributed by atoms with van der Waals surface area (Å²) in [5, 5.41) is 3.19. The van der Waals surface area contributed by atoms with Crippen molar-refractivity contribution in [2.45, 2.75) is 23.3 Å². The number of hydrogen-bond donors (Lipinski definition) is 2. The van der Waals surface area contributed by atoms with Gasteiger partial charge in [0.15, 0.2) is 5.96 Å². The highest BCUT2D eigenvalue weighted by Crippen LogP contribution is 2.15. The molecule has 28 heavy (non-hydrogen) atoms. The van der Waals surface area contributed by atoms with E-state index in [0.717, 1.165) is 5.56 Å². The number of nitrogens with zero attached hydrogens (tertiary/aromatic N) is 2. The number of hydrogen-bond acceptors (Lipinski definition) is 4. The molecule has 0 aliphatic heterocycles. The van der Waals surface area contributed by atoms with Crippen molar-refractivity contribution in [2.24, 2.45) is 4.99 Å². The van der Waals surface area contributed by atoms with Gasteiger partial charge in [-0.1, -0.05) is 29.8 Å². The van der Waals surface area contributed by atoms with Crippen molar-refractivity contribution in [1.29, 1.82) is 0 Å². The van der Waals surface area contributed by atoms with Crippen molar-refractivity contribution in [2.75, 3.05) is 33.4 Å². The molecule has 2 aromatic carbocycles. The maximum Gasteiger partial charge on any atom is 0.240 e. The fourth-order valence-electron chi connectivity index (χ4n) is 2.62. The third-order valence-corrected chi connectivity index (χ3v) is 6.40.